The van der Waals surface area contributed by atoms with Gasteiger partial charge in [-0.15, -0.1) is 0 Å². The van der Waals surface area contributed by atoms with Gasteiger partial charge in [-0.25, -0.2) is 8.42 Å². The minimum Gasteiger partial charge on any atom is -0.744 e. The van der Waals surface area contributed by atoms with Crippen molar-refractivity contribution in [2.75, 3.05) is 0 Å². The van der Waals surface area contributed by atoms with E-state index in [-0.39, 0.29) is 40.2 Å². The average Bonchev–Trinajstić information content (AvgIpc) is 2.52. The van der Waals surface area contributed by atoms with Crippen LogP contribution in [-0.4, -0.2) is 13.0 Å². The summed E-state index contributed by atoms with van der Waals surface area (Å²) in [7, 11) is -4.57. The van der Waals surface area contributed by atoms with E-state index in [4.69, 9.17) is 4.74 Å². The summed E-state index contributed by atoms with van der Waals surface area (Å²) in [5.74, 6) is 0.597. The first-order chi connectivity index (χ1) is 11.0. The van der Waals surface area contributed by atoms with Gasteiger partial charge in [-0.3, -0.25) is 0 Å². The number of unbranched alkanes of at least 4 members (excludes halogenated alkanes) is 3. The summed E-state index contributed by atoms with van der Waals surface area (Å²) in [5, 5.41) is 0. The monoisotopic (exact) mass is 356 g/mol. The van der Waals surface area contributed by atoms with Gasteiger partial charge in [-0.1, -0.05) is 50.5 Å². The summed E-state index contributed by atoms with van der Waals surface area (Å²) in [6, 6.07) is 13.5. The van der Waals surface area contributed by atoms with Crippen molar-refractivity contribution in [3.05, 3.63) is 54.1 Å². The Balaban J connectivity index is 0.00000288. The van der Waals surface area contributed by atoms with E-state index in [1.807, 2.05) is 6.07 Å². The Bertz CT molecular complexity index is 730. The number of para-hydroxylation sites is 1. The molecule has 6 heteroatoms. The van der Waals surface area contributed by atoms with Crippen LogP contribution in [0.25, 0.3) is 0 Å². The molecule has 0 aliphatic rings. The molecule has 0 saturated carbocycles. The standard InChI is InChI=1S/C18H22O4S.Na/c1-2-3-4-6-9-15-12-13-18(23(19,20)21)17(14-15)22-16-10-7-5-8-11-16;/h5,7-8,10-14H,2-4,6,9H2,1H3,(H,19,20,21);/q;+1/p-1. The fourth-order valence-electron chi connectivity index (χ4n) is 2.37. The van der Waals surface area contributed by atoms with Crippen LogP contribution in [0.5, 0.6) is 11.5 Å². The van der Waals surface area contributed by atoms with Gasteiger partial charge in [0.05, 0.1) is 4.90 Å². The van der Waals surface area contributed by atoms with Gasteiger partial charge in [-0.2, -0.15) is 0 Å². The van der Waals surface area contributed by atoms with Crippen LogP contribution in [0.2, 0.25) is 0 Å². The van der Waals surface area contributed by atoms with E-state index < -0.39 is 10.1 Å². The molecule has 0 bridgehead atoms. The van der Waals surface area contributed by atoms with Gasteiger partial charge in [0.2, 0.25) is 0 Å². The van der Waals surface area contributed by atoms with E-state index in [9.17, 15) is 13.0 Å². The fourth-order valence-corrected chi connectivity index (χ4v) is 2.95. The van der Waals surface area contributed by atoms with Crippen molar-refractivity contribution in [3.63, 3.8) is 0 Å². The molecule has 2 aromatic rings. The van der Waals surface area contributed by atoms with E-state index in [1.54, 1.807) is 36.4 Å². The van der Waals surface area contributed by atoms with Crippen molar-refractivity contribution < 1.29 is 47.3 Å². The predicted octanol–water partition coefficient (Wildman–Crippen LogP) is 1.51. The molecule has 24 heavy (non-hydrogen) atoms. The minimum atomic E-state index is -4.57. The van der Waals surface area contributed by atoms with Crippen molar-refractivity contribution in [2.24, 2.45) is 0 Å². The number of ether oxygens (including phenoxy) is 1. The average molecular weight is 356 g/mol. The van der Waals surface area contributed by atoms with Crippen molar-refractivity contribution in [1.82, 2.24) is 0 Å². The van der Waals surface area contributed by atoms with Gasteiger partial charge in [0.25, 0.3) is 0 Å². The summed E-state index contributed by atoms with van der Waals surface area (Å²) >= 11 is 0. The molecule has 0 atom stereocenters. The molecular weight excluding hydrogens is 335 g/mol. The summed E-state index contributed by atoms with van der Waals surface area (Å²) < 4.78 is 39.9. The Kier molecular flexibility index (Phi) is 9.02. The van der Waals surface area contributed by atoms with Crippen LogP contribution < -0.4 is 34.3 Å². The van der Waals surface area contributed by atoms with Crippen molar-refractivity contribution in [3.8, 4) is 11.5 Å². The van der Waals surface area contributed by atoms with Crippen LogP contribution in [0.1, 0.15) is 38.2 Å². The minimum absolute atomic E-state index is 0. The predicted molar refractivity (Wildman–Crippen MR) is 88.8 cm³/mol. The molecule has 2 rings (SSSR count). The molecule has 0 fully saturated rings. The molecule has 4 nitrogen and oxygen atoms in total. The Morgan fingerprint density at radius 2 is 1.71 bits per heavy atom. The largest absolute Gasteiger partial charge is 1.00 e. The van der Waals surface area contributed by atoms with Crippen molar-refractivity contribution in [2.45, 2.75) is 43.9 Å². The van der Waals surface area contributed by atoms with Gasteiger partial charge in [0.1, 0.15) is 21.6 Å². The zero-order valence-electron chi connectivity index (χ0n) is 14.2. The number of rotatable bonds is 8. The maximum atomic E-state index is 11.4. The summed E-state index contributed by atoms with van der Waals surface area (Å²) in [5.41, 5.74) is 0.972. The van der Waals surface area contributed by atoms with Gasteiger partial charge in [0.15, 0.2) is 0 Å². The molecular formula is C18H21NaO4S. The third kappa shape index (κ3) is 6.57. The topological polar surface area (TPSA) is 66.4 Å². The normalized spacial score (nSPS) is 10.9. The molecule has 0 unspecified atom stereocenters. The molecule has 0 spiro atoms. The van der Waals surface area contributed by atoms with Crippen LogP contribution in [0.15, 0.2) is 53.4 Å². The third-order valence-corrected chi connectivity index (χ3v) is 4.44. The van der Waals surface area contributed by atoms with Gasteiger partial charge in [0, 0.05) is 0 Å². The van der Waals surface area contributed by atoms with E-state index in [0.717, 1.165) is 31.2 Å². The molecule has 0 N–H and O–H groups in total. The first kappa shape index (κ1) is 21.2. The zero-order valence-corrected chi connectivity index (χ0v) is 17.0. The second-order valence-corrected chi connectivity index (χ2v) is 6.81. The van der Waals surface area contributed by atoms with Gasteiger partial charge >= 0.3 is 29.6 Å². The molecule has 0 radical (unpaired) electrons. The Labute approximate surface area is 166 Å². The fraction of sp³-hybridized carbons (Fsp3) is 0.333. The van der Waals surface area contributed by atoms with Crippen molar-refractivity contribution in [1.29, 1.82) is 0 Å². The summed E-state index contributed by atoms with van der Waals surface area (Å²) in [4.78, 5) is -0.321. The Hall–Kier alpha value is -0.850. The molecule has 0 saturated heterocycles. The van der Waals surface area contributed by atoms with E-state index in [0.29, 0.717) is 5.75 Å². The molecule has 0 aromatic heterocycles. The molecule has 124 valence electrons. The molecule has 0 amide bonds. The van der Waals surface area contributed by atoms with Crippen LogP contribution in [0.4, 0.5) is 0 Å². The Morgan fingerprint density at radius 3 is 2.33 bits per heavy atom. The SMILES string of the molecule is CCCCCCc1ccc(S(=O)(=O)[O-])c(Oc2ccccc2)c1.[Na+]. The smallest absolute Gasteiger partial charge is 0.744 e. The number of hydrogen-bond donors (Lipinski definition) is 0. The quantitative estimate of drug-likeness (QED) is 0.409. The number of aryl methyl sites for hydroxylation is 1. The van der Waals surface area contributed by atoms with Crippen LogP contribution in [0.3, 0.4) is 0 Å². The summed E-state index contributed by atoms with van der Waals surface area (Å²) in [6.07, 6.45) is 5.34. The summed E-state index contributed by atoms with van der Waals surface area (Å²) in [6.45, 7) is 2.15. The van der Waals surface area contributed by atoms with Crippen molar-refractivity contribution >= 4 is 10.1 Å². The second-order valence-electron chi connectivity index (χ2n) is 5.46. The van der Waals surface area contributed by atoms with Crippen LogP contribution in [-0.2, 0) is 16.5 Å². The Morgan fingerprint density at radius 1 is 1.00 bits per heavy atom. The second kappa shape index (κ2) is 10.2. The zero-order chi connectivity index (χ0) is 16.7. The third-order valence-electron chi connectivity index (χ3n) is 3.57. The van der Waals surface area contributed by atoms with E-state index >= 15 is 0 Å². The van der Waals surface area contributed by atoms with Gasteiger partial charge in [-0.05, 0) is 42.7 Å². The molecule has 0 heterocycles. The van der Waals surface area contributed by atoms with E-state index in [1.165, 1.54) is 12.5 Å². The van der Waals surface area contributed by atoms with Gasteiger partial charge < -0.3 is 9.29 Å². The molecule has 0 aliphatic heterocycles. The number of benzene rings is 2. The molecule has 0 aliphatic carbocycles. The molecule has 2 aromatic carbocycles. The van der Waals surface area contributed by atoms with E-state index in [2.05, 4.69) is 6.92 Å². The van der Waals surface area contributed by atoms with Crippen LogP contribution in [0, 0.1) is 0 Å². The first-order valence-electron chi connectivity index (χ1n) is 7.82. The maximum Gasteiger partial charge on any atom is 1.00 e. The first-order valence-corrected chi connectivity index (χ1v) is 9.23. The maximum absolute atomic E-state index is 11.4. The number of hydrogen-bond acceptors (Lipinski definition) is 4. The van der Waals surface area contributed by atoms with Crippen LogP contribution >= 0.6 is 0 Å².